The highest BCUT2D eigenvalue weighted by atomic mass is 35.5. The molecule has 1 aliphatic rings. The van der Waals surface area contributed by atoms with E-state index in [1.807, 2.05) is 36.4 Å². The zero-order valence-electron chi connectivity index (χ0n) is 16.7. The van der Waals surface area contributed by atoms with E-state index in [-0.39, 0.29) is 28.5 Å². The number of ether oxygens (including phenoxy) is 1. The molecule has 1 fully saturated rings. The van der Waals surface area contributed by atoms with E-state index in [9.17, 15) is 14.7 Å². The lowest BCUT2D eigenvalue weighted by Gasteiger charge is -2.25. The number of carbonyl (C=O) groups is 2. The topological polar surface area (TPSA) is 79.7 Å². The molecule has 7 heteroatoms. The van der Waals surface area contributed by atoms with Gasteiger partial charge in [0.25, 0.3) is 11.7 Å². The maximum Gasteiger partial charge on any atom is 0.296 e. The van der Waals surface area contributed by atoms with E-state index in [1.54, 1.807) is 30.5 Å². The molecule has 2 heterocycles. The van der Waals surface area contributed by atoms with Crippen LogP contribution in [0.5, 0.6) is 5.75 Å². The largest absolute Gasteiger partial charge is 0.507 e. The van der Waals surface area contributed by atoms with E-state index in [4.69, 9.17) is 16.3 Å². The summed E-state index contributed by atoms with van der Waals surface area (Å²) < 4.78 is 5.22. The van der Waals surface area contributed by atoms with Gasteiger partial charge in [-0.15, -0.1) is 0 Å². The van der Waals surface area contributed by atoms with Crippen molar-refractivity contribution in [1.82, 2.24) is 9.88 Å². The maximum absolute atomic E-state index is 13.1. The summed E-state index contributed by atoms with van der Waals surface area (Å²) in [6.45, 7) is 0.119. The average molecular weight is 435 g/mol. The van der Waals surface area contributed by atoms with Crippen LogP contribution in [-0.2, 0) is 16.1 Å². The van der Waals surface area contributed by atoms with Crippen LogP contribution >= 0.6 is 11.6 Å². The molecule has 1 atom stereocenters. The lowest BCUT2D eigenvalue weighted by Crippen LogP contribution is -2.29. The number of hydrogen-bond acceptors (Lipinski definition) is 5. The monoisotopic (exact) mass is 434 g/mol. The number of aliphatic hydroxyl groups excluding tert-OH is 1. The molecule has 1 aromatic heterocycles. The number of hydrogen-bond donors (Lipinski definition) is 1. The van der Waals surface area contributed by atoms with Crippen LogP contribution in [0, 0.1) is 0 Å². The number of halogens is 1. The third-order valence-electron chi connectivity index (χ3n) is 5.14. The van der Waals surface area contributed by atoms with Crippen LogP contribution < -0.4 is 4.74 Å². The van der Waals surface area contributed by atoms with Crippen molar-refractivity contribution < 1.29 is 19.4 Å². The van der Waals surface area contributed by atoms with Crippen LogP contribution in [0.3, 0.4) is 0 Å². The molecule has 0 bridgehead atoms. The molecule has 1 N–H and O–H groups in total. The first-order valence-corrected chi connectivity index (χ1v) is 9.96. The molecule has 3 aromatic rings. The molecule has 0 radical (unpaired) electrons. The minimum atomic E-state index is -0.787. The first-order valence-electron chi connectivity index (χ1n) is 9.58. The minimum absolute atomic E-state index is 0.0257. The lowest BCUT2D eigenvalue weighted by atomic mass is 9.95. The average Bonchev–Trinajstić information content (AvgIpc) is 3.05. The summed E-state index contributed by atoms with van der Waals surface area (Å²) in [5, 5.41) is 11.4. The number of amides is 1. The molecule has 4 rings (SSSR count). The third kappa shape index (κ3) is 3.90. The van der Waals surface area contributed by atoms with Gasteiger partial charge in [-0.1, -0.05) is 48.0 Å². The molecule has 156 valence electrons. The first kappa shape index (κ1) is 20.6. The van der Waals surface area contributed by atoms with E-state index in [1.165, 1.54) is 18.1 Å². The standard InChI is InChI=1S/C24H19ClN2O4/c1-31-17-10-11-19(25)18(13-17)22(28)20-21(15-7-3-2-4-8-15)27(24(30)23(20)29)14-16-9-5-6-12-26-16/h2-13,21,28H,14H2,1H3/b22-20+. The van der Waals surface area contributed by atoms with Crippen LogP contribution in [0.25, 0.3) is 5.76 Å². The highest BCUT2D eigenvalue weighted by molar-refractivity contribution is 6.47. The number of likely N-dealkylation sites (tertiary alicyclic amines) is 1. The Hall–Kier alpha value is -3.64. The number of pyridine rings is 1. The van der Waals surface area contributed by atoms with Crippen LogP contribution in [-0.4, -0.2) is 33.8 Å². The highest BCUT2D eigenvalue weighted by Crippen LogP contribution is 2.41. The zero-order valence-corrected chi connectivity index (χ0v) is 17.4. The third-order valence-corrected chi connectivity index (χ3v) is 5.47. The second-order valence-electron chi connectivity index (χ2n) is 7.00. The Labute approximate surface area is 184 Å². The molecule has 1 unspecified atom stereocenters. The van der Waals surface area contributed by atoms with Crippen LogP contribution in [0.4, 0.5) is 0 Å². The van der Waals surface area contributed by atoms with Crippen molar-refractivity contribution in [3.05, 3.63) is 100 Å². The smallest absolute Gasteiger partial charge is 0.296 e. The fourth-order valence-corrected chi connectivity index (χ4v) is 3.86. The highest BCUT2D eigenvalue weighted by Gasteiger charge is 2.46. The SMILES string of the molecule is COc1ccc(Cl)c(/C(O)=C2\C(=O)C(=O)N(Cc3ccccn3)C2c2ccccc2)c1. The molecule has 1 amide bonds. The summed E-state index contributed by atoms with van der Waals surface area (Å²) in [6.07, 6.45) is 1.62. The van der Waals surface area contributed by atoms with Crippen molar-refractivity contribution in [3.63, 3.8) is 0 Å². The number of aliphatic hydroxyl groups is 1. The van der Waals surface area contributed by atoms with Crippen molar-refractivity contribution in [3.8, 4) is 5.75 Å². The predicted molar refractivity (Wildman–Crippen MR) is 117 cm³/mol. The van der Waals surface area contributed by atoms with Crippen molar-refractivity contribution in [2.45, 2.75) is 12.6 Å². The van der Waals surface area contributed by atoms with Crippen LogP contribution in [0.1, 0.15) is 22.9 Å². The van der Waals surface area contributed by atoms with Gasteiger partial charge in [0, 0.05) is 11.8 Å². The summed E-state index contributed by atoms with van der Waals surface area (Å²) in [5.41, 5.74) is 1.52. The Bertz CT molecular complexity index is 1160. The summed E-state index contributed by atoms with van der Waals surface area (Å²) in [5.74, 6) is -1.37. The number of methoxy groups -OCH3 is 1. The van der Waals surface area contributed by atoms with Crippen molar-refractivity contribution in [2.24, 2.45) is 0 Å². The van der Waals surface area contributed by atoms with Gasteiger partial charge in [0.05, 0.1) is 36.0 Å². The number of benzene rings is 2. The number of ketones is 1. The van der Waals surface area contributed by atoms with Crippen molar-refractivity contribution in [1.29, 1.82) is 0 Å². The van der Waals surface area contributed by atoms with E-state index >= 15 is 0 Å². The second kappa shape index (κ2) is 8.62. The summed E-state index contributed by atoms with van der Waals surface area (Å²) in [6, 6.07) is 18.4. The Morgan fingerprint density at radius 2 is 1.84 bits per heavy atom. The number of Topliss-reactive ketones (excluding diaryl/α,β-unsaturated/α-hetero) is 1. The molecule has 0 aliphatic carbocycles. The summed E-state index contributed by atoms with van der Waals surface area (Å²) in [4.78, 5) is 31.7. The minimum Gasteiger partial charge on any atom is -0.507 e. The quantitative estimate of drug-likeness (QED) is 0.366. The van der Waals surface area contributed by atoms with Crippen molar-refractivity contribution >= 4 is 29.1 Å². The molecule has 0 spiro atoms. The van der Waals surface area contributed by atoms with E-state index in [0.717, 1.165) is 0 Å². The van der Waals surface area contributed by atoms with Gasteiger partial charge < -0.3 is 14.7 Å². The number of aromatic nitrogens is 1. The molecule has 0 saturated carbocycles. The predicted octanol–water partition coefficient (Wildman–Crippen LogP) is 4.37. The summed E-state index contributed by atoms with van der Waals surface area (Å²) in [7, 11) is 1.49. The first-order chi connectivity index (χ1) is 15.0. The zero-order chi connectivity index (χ0) is 22.0. The maximum atomic E-state index is 13.1. The van der Waals surface area contributed by atoms with E-state index in [2.05, 4.69) is 4.98 Å². The molecule has 2 aromatic carbocycles. The Balaban J connectivity index is 1.89. The fourth-order valence-electron chi connectivity index (χ4n) is 3.65. The van der Waals surface area contributed by atoms with Gasteiger partial charge in [-0.05, 0) is 35.9 Å². The molecule has 1 aliphatic heterocycles. The number of nitrogens with zero attached hydrogens (tertiary/aromatic N) is 2. The molecule has 31 heavy (non-hydrogen) atoms. The molecule has 6 nitrogen and oxygen atoms in total. The van der Waals surface area contributed by atoms with Gasteiger partial charge >= 0.3 is 0 Å². The number of carbonyl (C=O) groups excluding carboxylic acids is 2. The Kier molecular flexibility index (Phi) is 5.73. The second-order valence-corrected chi connectivity index (χ2v) is 7.41. The van der Waals surface area contributed by atoms with Gasteiger partial charge in [0.2, 0.25) is 0 Å². The van der Waals surface area contributed by atoms with E-state index in [0.29, 0.717) is 17.0 Å². The Morgan fingerprint density at radius 3 is 2.52 bits per heavy atom. The van der Waals surface area contributed by atoms with Crippen LogP contribution in [0.15, 0.2) is 78.5 Å². The van der Waals surface area contributed by atoms with Gasteiger partial charge in [0.1, 0.15) is 11.5 Å². The van der Waals surface area contributed by atoms with Crippen molar-refractivity contribution in [2.75, 3.05) is 7.11 Å². The van der Waals surface area contributed by atoms with Gasteiger partial charge in [0.15, 0.2) is 0 Å². The van der Waals surface area contributed by atoms with Gasteiger partial charge in [-0.25, -0.2) is 0 Å². The molecular formula is C24H19ClN2O4. The fraction of sp³-hybridized carbons (Fsp3) is 0.125. The number of rotatable bonds is 5. The Morgan fingerprint density at radius 1 is 1.10 bits per heavy atom. The van der Waals surface area contributed by atoms with Crippen LogP contribution in [0.2, 0.25) is 5.02 Å². The van der Waals surface area contributed by atoms with Gasteiger partial charge in [-0.3, -0.25) is 14.6 Å². The molecule has 1 saturated heterocycles. The molecular weight excluding hydrogens is 416 g/mol. The summed E-state index contributed by atoms with van der Waals surface area (Å²) >= 11 is 6.30. The lowest BCUT2D eigenvalue weighted by molar-refractivity contribution is -0.140. The van der Waals surface area contributed by atoms with E-state index < -0.39 is 17.7 Å². The normalized spacial score (nSPS) is 17.7. The van der Waals surface area contributed by atoms with Gasteiger partial charge in [-0.2, -0.15) is 0 Å².